The maximum Gasteiger partial charge on any atom is 0.238 e. The third-order valence-electron chi connectivity index (χ3n) is 4.82. The van der Waals surface area contributed by atoms with Crippen molar-refractivity contribution in [1.82, 2.24) is 9.80 Å². The first-order valence-electron chi connectivity index (χ1n) is 9.28. The number of piperazine rings is 1. The van der Waals surface area contributed by atoms with E-state index >= 15 is 0 Å². The number of ether oxygens (including phenoxy) is 2. The van der Waals surface area contributed by atoms with Crippen LogP contribution in [-0.4, -0.2) is 62.7 Å². The second-order valence-electron chi connectivity index (χ2n) is 6.80. The zero-order valence-corrected chi connectivity index (χ0v) is 17.0. The number of carbonyl (C=O) groups excluding carboxylic acids is 1. The smallest absolute Gasteiger partial charge is 0.238 e. The predicted molar refractivity (Wildman–Crippen MR) is 111 cm³/mol. The molecule has 0 bridgehead atoms. The van der Waals surface area contributed by atoms with E-state index in [0.29, 0.717) is 23.7 Å². The van der Waals surface area contributed by atoms with Crippen molar-refractivity contribution in [1.29, 1.82) is 0 Å². The Balaban J connectivity index is 1.45. The fourth-order valence-electron chi connectivity index (χ4n) is 3.27. The molecule has 0 saturated carbocycles. The Morgan fingerprint density at radius 1 is 0.964 bits per heavy atom. The van der Waals surface area contributed by atoms with Crippen molar-refractivity contribution in [3.8, 4) is 11.5 Å². The van der Waals surface area contributed by atoms with Crippen LogP contribution in [0.3, 0.4) is 0 Å². The van der Waals surface area contributed by atoms with E-state index in [4.69, 9.17) is 21.1 Å². The van der Waals surface area contributed by atoms with Gasteiger partial charge in [-0.25, -0.2) is 0 Å². The van der Waals surface area contributed by atoms with Gasteiger partial charge in [-0.2, -0.15) is 0 Å². The van der Waals surface area contributed by atoms with Crippen LogP contribution in [-0.2, 0) is 11.3 Å². The normalized spacial score (nSPS) is 15.2. The number of rotatable bonds is 7. The van der Waals surface area contributed by atoms with E-state index in [1.54, 1.807) is 26.4 Å². The summed E-state index contributed by atoms with van der Waals surface area (Å²) in [6.45, 7) is 4.89. The molecule has 0 spiro atoms. The van der Waals surface area contributed by atoms with Crippen LogP contribution in [0.1, 0.15) is 5.56 Å². The third-order valence-corrected chi connectivity index (χ3v) is 5.07. The van der Waals surface area contributed by atoms with Gasteiger partial charge in [-0.3, -0.25) is 14.6 Å². The minimum absolute atomic E-state index is 0.0293. The number of benzene rings is 2. The number of halogens is 1. The van der Waals surface area contributed by atoms with Gasteiger partial charge >= 0.3 is 0 Å². The number of hydrogen-bond acceptors (Lipinski definition) is 5. The van der Waals surface area contributed by atoms with Gasteiger partial charge in [-0.15, -0.1) is 0 Å². The molecule has 1 fully saturated rings. The van der Waals surface area contributed by atoms with Crippen LogP contribution in [0.4, 0.5) is 5.69 Å². The van der Waals surface area contributed by atoms with Gasteiger partial charge in [-0.1, -0.05) is 23.7 Å². The van der Waals surface area contributed by atoms with E-state index in [1.165, 1.54) is 5.56 Å². The van der Waals surface area contributed by atoms with Gasteiger partial charge in [0, 0.05) is 49.5 Å². The quantitative estimate of drug-likeness (QED) is 0.769. The van der Waals surface area contributed by atoms with Gasteiger partial charge in [0.2, 0.25) is 5.91 Å². The largest absolute Gasteiger partial charge is 0.493 e. The Morgan fingerprint density at radius 2 is 1.61 bits per heavy atom. The number of carbonyl (C=O) groups is 1. The molecule has 1 heterocycles. The molecule has 1 aliphatic heterocycles. The molecule has 150 valence electrons. The summed E-state index contributed by atoms with van der Waals surface area (Å²) in [6.07, 6.45) is 0. The zero-order chi connectivity index (χ0) is 19.9. The average Bonchev–Trinajstić information content (AvgIpc) is 2.71. The van der Waals surface area contributed by atoms with E-state index in [0.717, 1.165) is 37.7 Å². The minimum atomic E-state index is -0.0293. The summed E-state index contributed by atoms with van der Waals surface area (Å²) in [7, 11) is 3.16. The molecule has 0 radical (unpaired) electrons. The summed E-state index contributed by atoms with van der Waals surface area (Å²) in [4.78, 5) is 17.0. The zero-order valence-electron chi connectivity index (χ0n) is 16.3. The molecule has 7 heteroatoms. The summed E-state index contributed by atoms with van der Waals surface area (Å²) in [5.74, 6) is 1.20. The van der Waals surface area contributed by atoms with Crippen molar-refractivity contribution in [2.75, 3.05) is 52.3 Å². The Hall–Kier alpha value is -2.28. The predicted octanol–water partition coefficient (Wildman–Crippen LogP) is 3.11. The van der Waals surface area contributed by atoms with E-state index in [1.807, 2.05) is 18.2 Å². The molecule has 0 aromatic heterocycles. The molecule has 2 aromatic rings. The molecule has 1 N–H and O–H groups in total. The van der Waals surface area contributed by atoms with Crippen LogP contribution in [0.2, 0.25) is 5.02 Å². The highest BCUT2D eigenvalue weighted by atomic mass is 35.5. The summed E-state index contributed by atoms with van der Waals surface area (Å²) in [5, 5.41) is 3.69. The molecule has 1 aliphatic rings. The van der Waals surface area contributed by atoms with Crippen LogP contribution in [0.15, 0.2) is 42.5 Å². The molecule has 6 nitrogen and oxygen atoms in total. The molecule has 0 aliphatic carbocycles. The van der Waals surface area contributed by atoms with Crippen LogP contribution >= 0.6 is 11.6 Å². The number of methoxy groups -OCH3 is 2. The van der Waals surface area contributed by atoms with Gasteiger partial charge in [-0.05, 0) is 29.8 Å². The van der Waals surface area contributed by atoms with Crippen molar-refractivity contribution in [3.05, 3.63) is 53.1 Å². The standard InChI is InChI=1S/C21H26ClN3O3/c1-27-19-8-7-18(13-20(19)28-2)23-21(26)15-25-11-9-24(10-12-25)14-16-3-5-17(22)6-4-16/h3-8,13H,9-12,14-15H2,1-2H3,(H,23,26). The Labute approximate surface area is 171 Å². The van der Waals surface area contributed by atoms with Crippen molar-refractivity contribution < 1.29 is 14.3 Å². The van der Waals surface area contributed by atoms with Crippen molar-refractivity contribution >= 4 is 23.2 Å². The number of nitrogens with one attached hydrogen (secondary N) is 1. The molecule has 0 atom stereocenters. The van der Waals surface area contributed by atoms with Crippen LogP contribution in [0.25, 0.3) is 0 Å². The maximum atomic E-state index is 12.4. The van der Waals surface area contributed by atoms with Gasteiger partial charge in [0.1, 0.15) is 0 Å². The van der Waals surface area contributed by atoms with E-state index < -0.39 is 0 Å². The number of amides is 1. The Kier molecular flexibility index (Phi) is 7.14. The van der Waals surface area contributed by atoms with Crippen LogP contribution in [0.5, 0.6) is 11.5 Å². The fourth-order valence-corrected chi connectivity index (χ4v) is 3.40. The van der Waals surface area contributed by atoms with Gasteiger partial charge < -0.3 is 14.8 Å². The maximum absolute atomic E-state index is 12.4. The fraction of sp³-hybridized carbons (Fsp3) is 0.381. The van der Waals surface area contributed by atoms with Gasteiger partial charge in [0.15, 0.2) is 11.5 Å². The summed E-state index contributed by atoms with van der Waals surface area (Å²) < 4.78 is 10.5. The van der Waals surface area contributed by atoms with Crippen molar-refractivity contribution in [3.63, 3.8) is 0 Å². The van der Waals surface area contributed by atoms with Gasteiger partial charge in [0.05, 0.1) is 20.8 Å². The second kappa shape index (κ2) is 9.78. The third kappa shape index (κ3) is 5.61. The number of anilines is 1. The number of nitrogens with zero attached hydrogens (tertiary/aromatic N) is 2. The monoisotopic (exact) mass is 403 g/mol. The van der Waals surface area contributed by atoms with Crippen molar-refractivity contribution in [2.45, 2.75) is 6.54 Å². The van der Waals surface area contributed by atoms with Crippen molar-refractivity contribution in [2.24, 2.45) is 0 Å². The molecule has 1 amide bonds. The molecule has 3 rings (SSSR count). The summed E-state index contributed by atoms with van der Waals surface area (Å²) >= 11 is 5.94. The summed E-state index contributed by atoms with van der Waals surface area (Å²) in [5.41, 5.74) is 1.95. The topological polar surface area (TPSA) is 54.0 Å². The second-order valence-corrected chi connectivity index (χ2v) is 7.23. The Morgan fingerprint density at radius 3 is 2.25 bits per heavy atom. The average molecular weight is 404 g/mol. The van der Waals surface area contributed by atoms with E-state index in [2.05, 4.69) is 27.2 Å². The van der Waals surface area contributed by atoms with Crippen LogP contribution < -0.4 is 14.8 Å². The lowest BCUT2D eigenvalue weighted by Crippen LogP contribution is -2.48. The lowest BCUT2D eigenvalue weighted by Gasteiger charge is -2.34. The lowest BCUT2D eigenvalue weighted by atomic mass is 10.2. The molecule has 28 heavy (non-hydrogen) atoms. The first kappa shape index (κ1) is 20.5. The SMILES string of the molecule is COc1ccc(NC(=O)CN2CCN(Cc3ccc(Cl)cc3)CC2)cc1OC. The molecular weight excluding hydrogens is 378 g/mol. The molecular formula is C21H26ClN3O3. The highest BCUT2D eigenvalue weighted by molar-refractivity contribution is 6.30. The Bertz CT molecular complexity index is 790. The molecule has 0 unspecified atom stereocenters. The first-order valence-corrected chi connectivity index (χ1v) is 9.66. The minimum Gasteiger partial charge on any atom is -0.493 e. The highest BCUT2D eigenvalue weighted by Gasteiger charge is 2.19. The van der Waals surface area contributed by atoms with E-state index in [9.17, 15) is 4.79 Å². The first-order chi connectivity index (χ1) is 13.6. The van der Waals surface area contributed by atoms with E-state index in [-0.39, 0.29) is 5.91 Å². The molecule has 2 aromatic carbocycles. The summed E-state index contributed by atoms with van der Waals surface area (Å²) in [6, 6.07) is 13.3. The lowest BCUT2D eigenvalue weighted by molar-refractivity contribution is -0.117. The number of hydrogen-bond donors (Lipinski definition) is 1. The molecule has 1 saturated heterocycles. The van der Waals surface area contributed by atoms with Gasteiger partial charge in [0.25, 0.3) is 0 Å². The van der Waals surface area contributed by atoms with Crippen LogP contribution in [0, 0.1) is 0 Å². The highest BCUT2D eigenvalue weighted by Crippen LogP contribution is 2.29.